The van der Waals surface area contributed by atoms with Crippen LogP contribution in [0.5, 0.6) is 0 Å². The third-order valence-electron chi connectivity index (χ3n) is 4.44. The summed E-state index contributed by atoms with van der Waals surface area (Å²) in [6.07, 6.45) is 5.31. The molecule has 1 aromatic rings. The van der Waals surface area contributed by atoms with Crippen LogP contribution < -0.4 is 5.32 Å². The number of rotatable bonds is 3. The van der Waals surface area contributed by atoms with Gasteiger partial charge < -0.3 is 10.2 Å². The molecule has 18 heavy (non-hydrogen) atoms. The lowest BCUT2D eigenvalue weighted by Crippen LogP contribution is -2.42. The van der Waals surface area contributed by atoms with Crippen LogP contribution in [0, 0.1) is 0 Å². The van der Waals surface area contributed by atoms with Crippen LogP contribution in [0.2, 0.25) is 0 Å². The summed E-state index contributed by atoms with van der Waals surface area (Å²) in [4.78, 5) is 2.40. The summed E-state index contributed by atoms with van der Waals surface area (Å²) in [6.45, 7) is 3.67. The minimum absolute atomic E-state index is 0.706. The molecule has 2 saturated heterocycles. The van der Waals surface area contributed by atoms with Gasteiger partial charge in [-0.3, -0.25) is 0 Å². The molecule has 2 fully saturated rings. The fourth-order valence-corrected chi connectivity index (χ4v) is 3.38. The molecule has 1 aromatic carbocycles. The van der Waals surface area contributed by atoms with Gasteiger partial charge in [0.2, 0.25) is 0 Å². The van der Waals surface area contributed by atoms with Crippen LogP contribution in [-0.2, 0) is 6.42 Å². The third kappa shape index (κ3) is 2.60. The average molecular weight is 244 g/mol. The first-order valence-corrected chi connectivity index (χ1v) is 7.32. The third-order valence-corrected chi connectivity index (χ3v) is 4.44. The first kappa shape index (κ1) is 12.2. The van der Waals surface area contributed by atoms with Crippen LogP contribution in [-0.4, -0.2) is 37.6 Å². The van der Waals surface area contributed by atoms with Gasteiger partial charge in [0, 0.05) is 25.0 Å². The predicted octanol–water partition coefficient (Wildman–Crippen LogP) is 2.40. The van der Waals surface area contributed by atoms with Crippen molar-refractivity contribution in [2.75, 3.05) is 26.7 Å². The maximum Gasteiger partial charge on any atom is 0.0108 e. The van der Waals surface area contributed by atoms with E-state index in [1.807, 2.05) is 0 Å². The number of benzene rings is 1. The number of likely N-dealkylation sites (tertiary alicyclic amines) is 1. The molecule has 2 aliphatic heterocycles. The molecule has 0 amide bonds. The SMILES string of the molecule is CN1CC(c2ccccc2CC2CCCCN2)C1. The summed E-state index contributed by atoms with van der Waals surface area (Å²) in [6, 6.07) is 9.78. The molecule has 2 aliphatic rings. The maximum absolute atomic E-state index is 3.67. The molecule has 0 radical (unpaired) electrons. The molecule has 3 rings (SSSR count). The molecular formula is C16H24N2. The lowest BCUT2D eigenvalue weighted by molar-refractivity contribution is 0.189. The van der Waals surface area contributed by atoms with Crippen LogP contribution in [0.25, 0.3) is 0 Å². The molecule has 2 heteroatoms. The summed E-state index contributed by atoms with van der Waals surface area (Å²) in [5, 5.41) is 3.67. The average Bonchev–Trinajstić information content (AvgIpc) is 2.37. The van der Waals surface area contributed by atoms with Gasteiger partial charge in [-0.25, -0.2) is 0 Å². The van der Waals surface area contributed by atoms with E-state index < -0.39 is 0 Å². The fourth-order valence-electron chi connectivity index (χ4n) is 3.38. The van der Waals surface area contributed by atoms with Gasteiger partial charge >= 0.3 is 0 Å². The fraction of sp³-hybridized carbons (Fsp3) is 0.625. The molecule has 98 valence electrons. The molecule has 0 aromatic heterocycles. The Hall–Kier alpha value is -0.860. The van der Waals surface area contributed by atoms with Crippen LogP contribution in [0.1, 0.15) is 36.3 Å². The monoisotopic (exact) mass is 244 g/mol. The molecule has 1 atom stereocenters. The smallest absolute Gasteiger partial charge is 0.0108 e. The minimum Gasteiger partial charge on any atom is -0.314 e. The zero-order valence-electron chi connectivity index (χ0n) is 11.4. The second kappa shape index (κ2) is 5.41. The van der Waals surface area contributed by atoms with E-state index in [4.69, 9.17) is 0 Å². The molecule has 0 aliphatic carbocycles. The van der Waals surface area contributed by atoms with Gasteiger partial charge in [-0.15, -0.1) is 0 Å². The Bertz CT molecular complexity index is 390. The molecule has 2 heterocycles. The quantitative estimate of drug-likeness (QED) is 0.878. The van der Waals surface area contributed by atoms with Crippen molar-refractivity contribution in [2.45, 2.75) is 37.6 Å². The molecule has 0 spiro atoms. The van der Waals surface area contributed by atoms with E-state index in [1.54, 1.807) is 11.1 Å². The van der Waals surface area contributed by atoms with Crippen molar-refractivity contribution in [3.8, 4) is 0 Å². The lowest BCUT2D eigenvalue weighted by atomic mass is 9.85. The lowest BCUT2D eigenvalue weighted by Gasteiger charge is -2.38. The summed E-state index contributed by atoms with van der Waals surface area (Å²) in [7, 11) is 2.21. The number of nitrogens with one attached hydrogen (secondary N) is 1. The maximum atomic E-state index is 3.67. The van der Waals surface area contributed by atoms with E-state index >= 15 is 0 Å². The first-order chi connectivity index (χ1) is 8.83. The van der Waals surface area contributed by atoms with Gasteiger partial charge in [-0.1, -0.05) is 30.7 Å². The molecule has 0 saturated carbocycles. The second-order valence-electron chi connectivity index (χ2n) is 5.97. The number of nitrogens with zero attached hydrogens (tertiary/aromatic N) is 1. The van der Waals surface area contributed by atoms with Gasteiger partial charge in [0.15, 0.2) is 0 Å². The van der Waals surface area contributed by atoms with E-state index in [9.17, 15) is 0 Å². The summed E-state index contributed by atoms with van der Waals surface area (Å²) in [5.74, 6) is 0.773. The van der Waals surface area contributed by atoms with Crippen molar-refractivity contribution in [3.63, 3.8) is 0 Å². The number of hydrogen-bond donors (Lipinski definition) is 1. The highest BCUT2D eigenvalue weighted by Gasteiger charge is 2.27. The summed E-state index contributed by atoms with van der Waals surface area (Å²) in [5.41, 5.74) is 3.18. The zero-order valence-corrected chi connectivity index (χ0v) is 11.4. The molecule has 0 bridgehead atoms. The van der Waals surface area contributed by atoms with Gasteiger partial charge in [-0.2, -0.15) is 0 Å². The van der Waals surface area contributed by atoms with E-state index in [-0.39, 0.29) is 0 Å². The topological polar surface area (TPSA) is 15.3 Å². The van der Waals surface area contributed by atoms with Gasteiger partial charge in [0.25, 0.3) is 0 Å². The normalized spacial score (nSPS) is 25.9. The highest BCUT2D eigenvalue weighted by Crippen LogP contribution is 2.29. The van der Waals surface area contributed by atoms with Crippen molar-refractivity contribution in [3.05, 3.63) is 35.4 Å². The summed E-state index contributed by atoms with van der Waals surface area (Å²) >= 11 is 0. The number of hydrogen-bond acceptors (Lipinski definition) is 2. The zero-order chi connectivity index (χ0) is 12.4. The van der Waals surface area contributed by atoms with Crippen molar-refractivity contribution in [1.82, 2.24) is 10.2 Å². The minimum atomic E-state index is 0.706. The molecule has 1 unspecified atom stereocenters. The Labute approximate surface area is 110 Å². The van der Waals surface area contributed by atoms with Gasteiger partial charge in [0.1, 0.15) is 0 Å². The molecule has 1 N–H and O–H groups in total. The van der Waals surface area contributed by atoms with Crippen molar-refractivity contribution in [2.24, 2.45) is 0 Å². The van der Waals surface area contributed by atoms with Crippen LogP contribution >= 0.6 is 0 Å². The van der Waals surface area contributed by atoms with E-state index in [1.165, 1.54) is 45.3 Å². The highest BCUT2D eigenvalue weighted by molar-refractivity contribution is 5.33. The Balaban J connectivity index is 1.70. The van der Waals surface area contributed by atoms with Crippen molar-refractivity contribution < 1.29 is 0 Å². The first-order valence-electron chi connectivity index (χ1n) is 7.32. The number of piperidine rings is 1. The predicted molar refractivity (Wildman–Crippen MR) is 76.0 cm³/mol. The highest BCUT2D eigenvalue weighted by atomic mass is 15.2. The number of likely N-dealkylation sites (N-methyl/N-ethyl adjacent to an activating group) is 1. The van der Waals surface area contributed by atoms with Gasteiger partial charge in [-0.05, 0) is 44.0 Å². The van der Waals surface area contributed by atoms with Crippen LogP contribution in [0.15, 0.2) is 24.3 Å². The standard InChI is InChI=1S/C16H24N2/c1-18-11-14(12-18)16-8-3-2-6-13(16)10-15-7-4-5-9-17-15/h2-3,6,8,14-15,17H,4-5,7,9-12H2,1H3. The summed E-state index contributed by atoms with van der Waals surface area (Å²) < 4.78 is 0. The Morgan fingerprint density at radius 2 is 2.06 bits per heavy atom. The van der Waals surface area contributed by atoms with E-state index in [2.05, 4.69) is 41.5 Å². The Morgan fingerprint density at radius 3 is 2.78 bits per heavy atom. The van der Waals surface area contributed by atoms with Crippen molar-refractivity contribution in [1.29, 1.82) is 0 Å². The van der Waals surface area contributed by atoms with Crippen LogP contribution in [0.4, 0.5) is 0 Å². The van der Waals surface area contributed by atoms with E-state index in [0.717, 1.165) is 5.92 Å². The second-order valence-corrected chi connectivity index (χ2v) is 5.97. The van der Waals surface area contributed by atoms with Crippen molar-refractivity contribution >= 4 is 0 Å². The van der Waals surface area contributed by atoms with Gasteiger partial charge in [0.05, 0.1) is 0 Å². The molecular weight excluding hydrogens is 220 g/mol. The molecule has 2 nitrogen and oxygen atoms in total. The Kier molecular flexibility index (Phi) is 3.67. The van der Waals surface area contributed by atoms with Crippen LogP contribution in [0.3, 0.4) is 0 Å². The van der Waals surface area contributed by atoms with E-state index in [0.29, 0.717) is 6.04 Å². The largest absolute Gasteiger partial charge is 0.314 e. The Morgan fingerprint density at radius 1 is 1.22 bits per heavy atom.